The van der Waals surface area contributed by atoms with E-state index in [-0.39, 0.29) is 5.92 Å². The minimum Gasteiger partial charge on any atom is -0.465 e. The molecule has 0 radical (unpaired) electrons. The Hall–Kier alpha value is -1.33. The molecule has 3 saturated heterocycles. The van der Waals surface area contributed by atoms with Gasteiger partial charge < -0.3 is 9.32 Å². The number of furan rings is 1. The largest absolute Gasteiger partial charge is 0.465 e. The van der Waals surface area contributed by atoms with Crippen molar-refractivity contribution in [1.82, 2.24) is 14.7 Å². The molecule has 26 heavy (non-hydrogen) atoms. The van der Waals surface area contributed by atoms with Crippen LogP contribution in [0.4, 0.5) is 0 Å². The fourth-order valence-electron chi connectivity index (χ4n) is 4.97. The van der Waals surface area contributed by atoms with Gasteiger partial charge in [0.2, 0.25) is 5.91 Å². The van der Waals surface area contributed by atoms with E-state index >= 15 is 0 Å². The van der Waals surface area contributed by atoms with E-state index in [0.29, 0.717) is 11.9 Å². The molecule has 144 valence electrons. The van der Waals surface area contributed by atoms with Crippen LogP contribution >= 0.6 is 0 Å². The molecule has 3 fully saturated rings. The molecule has 1 atom stereocenters. The van der Waals surface area contributed by atoms with Gasteiger partial charge in [-0.2, -0.15) is 0 Å². The number of amides is 1. The molecule has 0 bridgehead atoms. The Morgan fingerprint density at radius 1 is 1.04 bits per heavy atom. The molecule has 0 unspecified atom stereocenters. The first kappa shape index (κ1) is 18.1. The molecule has 0 spiro atoms. The van der Waals surface area contributed by atoms with Gasteiger partial charge in [-0.1, -0.05) is 0 Å². The summed E-state index contributed by atoms with van der Waals surface area (Å²) in [5, 5.41) is 0. The average Bonchev–Trinajstić information content (AvgIpc) is 3.34. The van der Waals surface area contributed by atoms with E-state index in [1.807, 2.05) is 13.0 Å². The van der Waals surface area contributed by atoms with Crippen molar-refractivity contribution in [1.29, 1.82) is 0 Å². The van der Waals surface area contributed by atoms with E-state index < -0.39 is 0 Å². The fraction of sp³-hybridized carbons (Fsp3) is 0.762. The molecular weight excluding hydrogens is 326 g/mol. The molecule has 4 rings (SSSR count). The summed E-state index contributed by atoms with van der Waals surface area (Å²) in [4.78, 5) is 20.0. The van der Waals surface area contributed by atoms with Crippen LogP contribution in [0.15, 0.2) is 16.5 Å². The summed E-state index contributed by atoms with van der Waals surface area (Å²) in [5.41, 5.74) is 0. The standard InChI is InChI=1S/C21H33N3O2/c1-17-6-7-20(26-17)16-22-13-8-19(9-14-22)24-12-4-5-18(15-24)21(25)23-10-2-3-11-23/h6-7,18-19H,2-5,8-16H2,1H3/t18-/m0/s1. The van der Waals surface area contributed by atoms with Crippen LogP contribution in [0, 0.1) is 12.8 Å². The maximum atomic E-state index is 12.8. The zero-order valence-electron chi connectivity index (χ0n) is 16.2. The lowest BCUT2D eigenvalue weighted by molar-refractivity contribution is -0.136. The number of hydrogen-bond acceptors (Lipinski definition) is 4. The molecule has 5 nitrogen and oxygen atoms in total. The second-order valence-corrected chi connectivity index (χ2v) is 8.39. The van der Waals surface area contributed by atoms with Crippen molar-refractivity contribution in [2.45, 2.75) is 58.0 Å². The van der Waals surface area contributed by atoms with Crippen molar-refractivity contribution in [3.8, 4) is 0 Å². The normalized spacial score (nSPS) is 26.5. The molecule has 0 saturated carbocycles. The van der Waals surface area contributed by atoms with Crippen molar-refractivity contribution >= 4 is 5.91 Å². The van der Waals surface area contributed by atoms with Crippen LogP contribution in [-0.2, 0) is 11.3 Å². The second kappa shape index (κ2) is 8.13. The topological polar surface area (TPSA) is 39.9 Å². The average molecular weight is 360 g/mol. The monoisotopic (exact) mass is 359 g/mol. The SMILES string of the molecule is Cc1ccc(CN2CCC(N3CCC[C@H](C(=O)N4CCCC4)C3)CC2)o1. The number of hydrogen-bond donors (Lipinski definition) is 0. The first-order valence-corrected chi connectivity index (χ1v) is 10.5. The van der Waals surface area contributed by atoms with E-state index in [1.165, 1.54) is 38.6 Å². The number of carbonyl (C=O) groups excluding carboxylic acids is 1. The van der Waals surface area contributed by atoms with Gasteiger partial charge in [-0.15, -0.1) is 0 Å². The lowest BCUT2D eigenvalue weighted by Gasteiger charge is -2.42. The maximum Gasteiger partial charge on any atom is 0.226 e. The molecule has 0 N–H and O–H groups in total. The Bertz CT molecular complexity index is 600. The number of aryl methyl sites for hydroxylation is 1. The number of piperidine rings is 2. The zero-order valence-corrected chi connectivity index (χ0v) is 16.2. The Kier molecular flexibility index (Phi) is 5.65. The molecule has 0 aromatic carbocycles. The van der Waals surface area contributed by atoms with E-state index in [2.05, 4.69) is 20.8 Å². The summed E-state index contributed by atoms with van der Waals surface area (Å²) >= 11 is 0. The lowest BCUT2D eigenvalue weighted by atomic mass is 9.93. The molecular formula is C21H33N3O2. The molecule has 4 heterocycles. The van der Waals surface area contributed by atoms with Gasteiger partial charge in [-0.05, 0) is 64.1 Å². The van der Waals surface area contributed by atoms with Crippen LogP contribution < -0.4 is 0 Å². The van der Waals surface area contributed by atoms with Crippen molar-refractivity contribution in [3.05, 3.63) is 23.7 Å². The number of likely N-dealkylation sites (tertiary alicyclic amines) is 3. The predicted octanol–water partition coefficient (Wildman–Crippen LogP) is 2.89. The van der Waals surface area contributed by atoms with Crippen molar-refractivity contribution in [2.75, 3.05) is 39.3 Å². The third-order valence-electron chi connectivity index (χ3n) is 6.47. The summed E-state index contributed by atoms with van der Waals surface area (Å²) in [6.45, 7) is 9.32. The quantitative estimate of drug-likeness (QED) is 0.829. The van der Waals surface area contributed by atoms with Crippen LogP contribution in [0.25, 0.3) is 0 Å². The summed E-state index contributed by atoms with van der Waals surface area (Å²) in [5.74, 6) is 2.75. The summed E-state index contributed by atoms with van der Waals surface area (Å²) in [7, 11) is 0. The molecule has 1 aromatic rings. The predicted molar refractivity (Wildman–Crippen MR) is 102 cm³/mol. The molecule has 3 aliphatic rings. The fourth-order valence-corrected chi connectivity index (χ4v) is 4.97. The van der Waals surface area contributed by atoms with Gasteiger partial charge in [0.15, 0.2) is 0 Å². The van der Waals surface area contributed by atoms with Crippen LogP contribution in [0.3, 0.4) is 0 Å². The van der Waals surface area contributed by atoms with Crippen molar-refractivity contribution < 1.29 is 9.21 Å². The van der Waals surface area contributed by atoms with Crippen LogP contribution in [0.2, 0.25) is 0 Å². The van der Waals surface area contributed by atoms with Crippen molar-refractivity contribution in [2.24, 2.45) is 5.92 Å². The first-order valence-electron chi connectivity index (χ1n) is 10.5. The Morgan fingerprint density at radius 3 is 2.50 bits per heavy atom. The highest BCUT2D eigenvalue weighted by Crippen LogP contribution is 2.26. The van der Waals surface area contributed by atoms with Gasteiger partial charge in [0, 0.05) is 38.8 Å². The summed E-state index contributed by atoms with van der Waals surface area (Å²) in [6.07, 6.45) is 7.07. The lowest BCUT2D eigenvalue weighted by Crippen LogP contribution is -2.50. The molecule has 0 aliphatic carbocycles. The Labute approximate surface area is 157 Å². The molecule has 3 aliphatic heterocycles. The minimum atomic E-state index is 0.242. The first-order chi connectivity index (χ1) is 12.7. The highest BCUT2D eigenvalue weighted by Gasteiger charge is 2.34. The smallest absolute Gasteiger partial charge is 0.226 e. The Morgan fingerprint density at radius 2 is 1.81 bits per heavy atom. The van der Waals surface area contributed by atoms with Gasteiger partial charge in [-0.25, -0.2) is 0 Å². The molecule has 5 heteroatoms. The Balaban J connectivity index is 1.26. The highest BCUT2D eigenvalue weighted by atomic mass is 16.3. The van der Waals surface area contributed by atoms with Crippen molar-refractivity contribution in [3.63, 3.8) is 0 Å². The molecule has 1 aromatic heterocycles. The third-order valence-corrected chi connectivity index (χ3v) is 6.47. The van der Waals surface area contributed by atoms with Gasteiger partial charge >= 0.3 is 0 Å². The third kappa shape index (κ3) is 4.15. The van der Waals surface area contributed by atoms with Crippen LogP contribution in [-0.4, -0.2) is 65.9 Å². The maximum absolute atomic E-state index is 12.8. The van der Waals surface area contributed by atoms with E-state index in [4.69, 9.17) is 4.42 Å². The van der Waals surface area contributed by atoms with Gasteiger partial charge in [0.1, 0.15) is 11.5 Å². The molecule has 1 amide bonds. The van der Waals surface area contributed by atoms with Crippen LogP contribution in [0.5, 0.6) is 0 Å². The van der Waals surface area contributed by atoms with E-state index in [9.17, 15) is 4.79 Å². The number of nitrogens with zero attached hydrogens (tertiary/aromatic N) is 3. The zero-order chi connectivity index (χ0) is 17.9. The number of rotatable bonds is 4. The highest BCUT2D eigenvalue weighted by molar-refractivity contribution is 5.79. The van der Waals surface area contributed by atoms with Crippen LogP contribution in [0.1, 0.15) is 50.0 Å². The van der Waals surface area contributed by atoms with E-state index in [0.717, 1.165) is 57.2 Å². The summed E-state index contributed by atoms with van der Waals surface area (Å²) in [6, 6.07) is 4.80. The summed E-state index contributed by atoms with van der Waals surface area (Å²) < 4.78 is 5.72. The van der Waals surface area contributed by atoms with Gasteiger partial charge in [0.05, 0.1) is 12.5 Å². The second-order valence-electron chi connectivity index (χ2n) is 8.39. The van der Waals surface area contributed by atoms with Gasteiger partial charge in [0.25, 0.3) is 0 Å². The number of carbonyl (C=O) groups is 1. The van der Waals surface area contributed by atoms with E-state index in [1.54, 1.807) is 0 Å². The minimum absolute atomic E-state index is 0.242. The van der Waals surface area contributed by atoms with Gasteiger partial charge in [-0.3, -0.25) is 14.6 Å².